The zero-order valence-corrected chi connectivity index (χ0v) is 13.3. The summed E-state index contributed by atoms with van der Waals surface area (Å²) in [6.07, 6.45) is 2.16. The third kappa shape index (κ3) is 5.30. The molecule has 1 aromatic carbocycles. The van der Waals surface area contributed by atoms with Gasteiger partial charge in [0.2, 0.25) is 0 Å². The van der Waals surface area contributed by atoms with Crippen LogP contribution < -0.4 is 10.1 Å². The van der Waals surface area contributed by atoms with Crippen LogP contribution in [0.5, 0.6) is 5.75 Å². The molecule has 1 saturated heterocycles. The zero-order chi connectivity index (χ0) is 14.9. The lowest BCUT2D eigenvalue weighted by Crippen LogP contribution is -2.35. The molecule has 1 unspecified atom stereocenters. The van der Waals surface area contributed by atoms with Crippen LogP contribution in [-0.2, 0) is 4.74 Å². The molecule has 4 heteroatoms. The summed E-state index contributed by atoms with van der Waals surface area (Å²) in [7, 11) is 2.03. The Bertz CT molecular complexity index is 386. The van der Waals surface area contributed by atoms with Gasteiger partial charge >= 0.3 is 0 Å². The van der Waals surface area contributed by atoms with Crippen molar-refractivity contribution in [3.05, 3.63) is 29.8 Å². The maximum absolute atomic E-state index is 5.64. The monoisotopic (exact) mass is 292 g/mol. The fourth-order valence-corrected chi connectivity index (χ4v) is 2.62. The lowest BCUT2D eigenvalue weighted by Gasteiger charge is -2.26. The predicted molar refractivity (Wildman–Crippen MR) is 85.9 cm³/mol. The van der Waals surface area contributed by atoms with Crippen molar-refractivity contribution < 1.29 is 9.47 Å². The zero-order valence-electron chi connectivity index (χ0n) is 13.3. The highest BCUT2D eigenvalue weighted by atomic mass is 16.5. The number of nitrogens with zero attached hydrogens (tertiary/aromatic N) is 1. The van der Waals surface area contributed by atoms with Crippen molar-refractivity contribution in [2.45, 2.75) is 25.8 Å². The Labute approximate surface area is 128 Å². The van der Waals surface area contributed by atoms with E-state index in [1.807, 2.05) is 7.05 Å². The van der Waals surface area contributed by atoms with E-state index in [0.717, 1.165) is 58.0 Å². The summed E-state index contributed by atoms with van der Waals surface area (Å²) in [6, 6.07) is 8.83. The first-order valence-electron chi connectivity index (χ1n) is 8.03. The third-order valence-corrected chi connectivity index (χ3v) is 3.86. The summed E-state index contributed by atoms with van der Waals surface area (Å²) in [4.78, 5) is 2.48. The SMILES string of the molecule is CCCOc1ccc(C(CN2CCCOCC2)NC)cc1. The Morgan fingerprint density at radius 1 is 1.24 bits per heavy atom. The fraction of sp³-hybridized carbons (Fsp3) is 0.647. The van der Waals surface area contributed by atoms with E-state index in [1.54, 1.807) is 0 Å². The van der Waals surface area contributed by atoms with Crippen molar-refractivity contribution in [1.29, 1.82) is 0 Å². The molecule has 0 aromatic heterocycles. The van der Waals surface area contributed by atoms with Gasteiger partial charge < -0.3 is 14.8 Å². The van der Waals surface area contributed by atoms with E-state index >= 15 is 0 Å². The summed E-state index contributed by atoms with van der Waals surface area (Å²) in [5, 5.41) is 3.43. The minimum Gasteiger partial charge on any atom is -0.494 e. The van der Waals surface area contributed by atoms with E-state index in [4.69, 9.17) is 9.47 Å². The van der Waals surface area contributed by atoms with E-state index in [2.05, 4.69) is 41.4 Å². The number of likely N-dealkylation sites (N-methyl/N-ethyl adjacent to an activating group) is 1. The lowest BCUT2D eigenvalue weighted by molar-refractivity contribution is 0.139. The van der Waals surface area contributed by atoms with Crippen molar-refractivity contribution >= 4 is 0 Å². The van der Waals surface area contributed by atoms with Gasteiger partial charge in [-0.1, -0.05) is 19.1 Å². The highest BCUT2D eigenvalue weighted by Crippen LogP contribution is 2.19. The molecule has 0 amide bonds. The van der Waals surface area contributed by atoms with E-state index in [1.165, 1.54) is 5.56 Å². The van der Waals surface area contributed by atoms with Crippen molar-refractivity contribution in [1.82, 2.24) is 10.2 Å². The van der Waals surface area contributed by atoms with Crippen molar-refractivity contribution in [2.24, 2.45) is 0 Å². The second-order valence-corrected chi connectivity index (χ2v) is 5.53. The minimum atomic E-state index is 0.350. The van der Waals surface area contributed by atoms with Gasteiger partial charge in [-0.2, -0.15) is 0 Å². The largest absolute Gasteiger partial charge is 0.494 e. The van der Waals surface area contributed by atoms with Crippen LogP contribution in [-0.4, -0.2) is 51.4 Å². The minimum absolute atomic E-state index is 0.350. The molecular weight excluding hydrogens is 264 g/mol. The van der Waals surface area contributed by atoms with Crippen molar-refractivity contribution in [2.75, 3.05) is 46.5 Å². The van der Waals surface area contributed by atoms with Gasteiger partial charge in [-0.3, -0.25) is 4.90 Å². The van der Waals surface area contributed by atoms with Gasteiger partial charge in [0.1, 0.15) is 5.75 Å². The number of rotatable bonds is 7. The molecule has 0 radical (unpaired) electrons. The highest BCUT2D eigenvalue weighted by Gasteiger charge is 2.16. The number of benzene rings is 1. The molecule has 0 aliphatic carbocycles. The average Bonchev–Trinajstić information content (AvgIpc) is 2.80. The number of ether oxygens (including phenoxy) is 2. The van der Waals surface area contributed by atoms with Gasteiger partial charge in [-0.25, -0.2) is 0 Å². The summed E-state index contributed by atoms with van der Waals surface area (Å²) in [5.74, 6) is 0.957. The van der Waals surface area contributed by atoms with Crippen LogP contribution >= 0.6 is 0 Å². The Balaban J connectivity index is 1.92. The predicted octanol–water partition coefficient (Wildman–Crippen LogP) is 2.46. The van der Waals surface area contributed by atoms with Crippen LogP contribution in [0, 0.1) is 0 Å². The molecule has 2 rings (SSSR count). The van der Waals surface area contributed by atoms with E-state index < -0.39 is 0 Å². The van der Waals surface area contributed by atoms with Crippen LogP contribution in [0.2, 0.25) is 0 Å². The molecule has 0 saturated carbocycles. The molecule has 0 bridgehead atoms. The quantitative estimate of drug-likeness (QED) is 0.837. The molecule has 1 heterocycles. The first kappa shape index (κ1) is 16.3. The van der Waals surface area contributed by atoms with Gasteiger partial charge in [0.25, 0.3) is 0 Å². The average molecular weight is 292 g/mol. The lowest BCUT2D eigenvalue weighted by atomic mass is 10.1. The van der Waals surface area contributed by atoms with E-state index in [-0.39, 0.29) is 0 Å². The molecule has 1 fully saturated rings. The van der Waals surface area contributed by atoms with Crippen molar-refractivity contribution in [3.63, 3.8) is 0 Å². The number of hydrogen-bond donors (Lipinski definition) is 1. The van der Waals surface area contributed by atoms with Gasteiger partial charge in [-0.05, 0) is 37.6 Å². The van der Waals surface area contributed by atoms with Gasteiger partial charge in [0.05, 0.1) is 13.2 Å². The second-order valence-electron chi connectivity index (χ2n) is 5.53. The maximum Gasteiger partial charge on any atom is 0.119 e. The van der Waals surface area contributed by atoms with Gasteiger partial charge in [-0.15, -0.1) is 0 Å². The van der Waals surface area contributed by atoms with Crippen LogP contribution in [0.3, 0.4) is 0 Å². The Hall–Kier alpha value is -1.10. The molecule has 1 aliphatic heterocycles. The smallest absolute Gasteiger partial charge is 0.119 e. The summed E-state index contributed by atoms with van der Waals surface area (Å²) >= 11 is 0. The molecular formula is C17H28N2O2. The normalized spacial score (nSPS) is 18.2. The third-order valence-electron chi connectivity index (χ3n) is 3.86. The van der Waals surface area contributed by atoms with Gasteiger partial charge in [0.15, 0.2) is 0 Å². The highest BCUT2D eigenvalue weighted by molar-refractivity contribution is 5.29. The summed E-state index contributed by atoms with van der Waals surface area (Å²) in [6.45, 7) is 7.81. The number of nitrogens with one attached hydrogen (secondary N) is 1. The molecule has 1 aliphatic rings. The Kier molecular flexibility index (Phi) is 7.00. The second kappa shape index (κ2) is 9.03. The maximum atomic E-state index is 5.64. The molecule has 4 nitrogen and oxygen atoms in total. The van der Waals surface area contributed by atoms with Crippen LogP contribution in [0.1, 0.15) is 31.4 Å². The summed E-state index contributed by atoms with van der Waals surface area (Å²) in [5.41, 5.74) is 1.31. The van der Waals surface area contributed by atoms with E-state index in [0.29, 0.717) is 6.04 Å². The first-order chi connectivity index (χ1) is 10.3. The van der Waals surface area contributed by atoms with Crippen LogP contribution in [0.4, 0.5) is 0 Å². The molecule has 1 atom stereocenters. The van der Waals surface area contributed by atoms with E-state index in [9.17, 15) is 0 Å². The number of hydrogen-bond acceptors (Lipinski definition) is 4. The van der Waals surface area contributed by atoms with Crippen LogP contribution in [0.15, 0.2) is 24.3 Å². The van der Waals surface area contributed by atoms with Crippen LogP contribution in [0.25, 0.3) is 0 Å². The van der Waals surface area contributed by atoms with Crippen molar-refractivity contribution in [3.8, 4) is 5.75 Å². The molecule has 1 N–H and O–H groups in total. The molecule has 1 aromatic rings. The Morgan fingerprint density at radius 2 is 2.05 bits per heavy atom. The Morgan fingerprint density at radius 3 is 2.76 bits per heavy atom. The summed E-state index contributed by atoms with van der Waals surface area (Å²) < 4.78 is 11.2. The molecule has 118 valence electrons. The topological polar surface area (TPSA) is 33.7 Å². The first-order valence-corrected chi connectivity index (χ1v) is 8.03. The fourth-order valence-electron chi connectivity index (χ4n) is 2.62. The standard InChI is InChI=1S/C17H28N2O2/c1-3-11-21-16-7-5-15(6-8-16)17(18-2)14-19-9-4-12-20-13-10-19/h5-8,17-18H,3-4,9-14H2,1-2H3. The van der Waals surface area contributed by atoms with Gasteiger partial charge in [0, 0.05) is 32.3 Å². The molecule has 0 spiro atoms. The molecule has 21 heavy (non-hydrogen) atoms.